The molecule has 0 saturated carbocycles. The Balaban J connectivity index is 1.77. The Hall–Kier alpha value is -2.47. The van der Waals surface area contributed by atoms with Crippen LogP contribution in [-0.2, 0) is 0 Å². The van der Waals surface area contributed by atoms with Crippen LogP contribution in [0.4, 0.5) is 5.82 Å². The molecule has 6 heteroatoms. The van der Waals surface area contributed by atoms with Gasteiger partial charge in [-0.25, -0.2) is 9.97 Å². The van der Waals surface area contributed by atoms with Crippen molar-refractivity contribution in [1.82, 2.24) is 9.97 Å². The standard InChI is InChI=1S/C16H16N4OS/c1-3-21-13-6-4-5-12(7-13)8-19-20-16-15-14(17-10-18-16)11(2)9-22-15/h4-10H,3H2,1-2H3,(H,17,18,20). The molecule has 0 saturated heterocycles. The average molecular weight is 312 g/mol. The lowest BCUT2D eigenvalue weighted by atomic mass is 10.2. The van der Waals surface area contributed by atoms with Gasteiger partial charge in [0.15, 0.2) is 5.82 Å². The summed E-state index contributed by atoms with van der Waals surface area (Å²) in [6, 6.07) is 7.78. The minimum Gasteiger partial charge on any atom is -0.494 e. The molecule has 1 aromatic carbocycles. The third-order valence-electron chi connectivity index (χ3n) is 3.08. The maximum Gasteiger partial charge on any atom is 0.167 e. The summed E-state index contributed by atoms with van der Waals surface area (Å²) in [5.41, 5.74) is 6.07. The second-order valence-corrected chi connectivity index (χ2v) is 5.57. The first-order chi connectivity index (χ1) is 10.8. The van der Waals surface area contributed by atoms with Gasteiger partial charge in [-0.05, 0) is 42.5 Å². The van der Waals surface area contributed by atoms with Gasteiger partial charge >= 0.3 is 0 Å². The van der Waals surface area contributed by atoms with Crippen LogP contribution in [0.3, 0.4) is 0 Å². The number of benzene rings is 1. The third-order valence-corrected chi connectivity index (χ3v) is 4.18. The Labute approximate surface area is 132 Å². The van der Waals surface area contributed by atoms with Crippen LogP contribution in [-0.4, -0.2) is 22.8 Å². The molecule has 0 radical (unpaired) electrons. The van der Waals surface area contributed by atoms with Crippen molar-refractivity contribution in [2.45, 2.75) is 13.8 Å². The highest BCUT2D eigenvalue weighted by atomic mass is 32.1. The van der Waals surface area contributed by atoms with E-state index < -0.39 is 0 Å². The van der Waals surface area contributed by atoms with Gasteiger partial charge in [0.25, 0.3) is 0 Å². The van der Waals surface area contributed by atoms with E-state index >= 15 is 0 Å². The Morgan fingerprint density at radius 3 is 3.14 bits per heavy atom. The van der Waals surface area contributed by atoms with E-state index in [1.807, 2.05) is 38.1 Å². The number of ether oxygens (including phenoxy) is 1. The van der Waals surface area contributed by atoms with E-state index in [1.165, 1.54) is 0 Å². The molecule has 0 aliphatic carbocycles. The molecule has 0 aliphatic heterocycles. The summed E-state index contributed by atoms with van der Waals surface area (Å²) in [5, 5.41) is 6.33. The van der Waals surface area contributed by atoms with E-state index in [4.69, 9.17) is 4.74 Å². The van der Waals surface area contributed by atoms with Crippen molar-refractivity contribution in [1.29, 1.82) is 0 Å². The third kappa shape index (κ3) is 3.07. The van der Waals surface area contributed by atoms with Crippen LogP contribution in [0.2, 0.25) is 0 Å². The Morgan fingerprint density at radius 1 is 1.36 bits per heavy atom. The van der Waals surface area contributed by atoms with Gasteiger partial charge in [-0.1, -0.05) is 12.1 Å². The Morgan fingerprint density at radius 2 is 2.27 bits per heavy atom. The van der Waals surface area contributed by atoms with Crippen LogP contribution in [0.25, 0.3) is 10.2 Å². The van der Waals surface area contributed by atoms with Gasteiger partial charge in [-0.15, -0.1) is 11.3 Å². The summed E-state index contributed by atoms with van der Waals surface area (Å²) in [6.45, 7) is 4.65. The zero-order chi connectivity index (χ0) is 15.4. The van der Waals surface area contributed by atoms with Crippen molar-refractivity contribution in [3.8, 4) is 5.75 Å². The quantitative estimate of drug-likeness (QED) is 0.574. The predicted octanol–water partition coefficient (Wildman–Crippen LogP) is 3.84. The lowest BCUT2D eigenvalue weighted by Gasteiger charge is -2.03. The van der Waals surface area contributed by atoms with Crippen LogP contribution in [0.15, 0.2) is 41.1 Å². The fourth-order valence-corrected chi connectivity index (χ4v) is 3.01. The number of rotatable bonds is 5. The first-order valence-electron chi connectivity index (χ1n) is 6.98. The second kappa shape index (κ2) is 6.53. The largest absolute Gasteiger partial charge is 0.494 e. The van der Waals surface area contributed by atoms with Crippen LogP contribution >= 0.6 is 11.3 Å². The van der Waals surface area contributed by atoms with Gasteiger partial charge in [-0.3, -0.25) is 5.43 Å². The molecule has 3 aromatic rings. The lowest BCUT2D eigenvalue weighted by Crippen LogP contribution is -1.95. The topological polar surface area (TPSA) is 59.4 Å². The molecule has 112 valence electrons. The van der Waals surface area contributed by atoms with E-state index in [2.05, 4.69) is 25.9 Å². The number of anilines is 1. The highest BCUT2D eigenvalue weighted by molar-refractivity contribution is 7.18. The molecule has 5 nitrogen and oxygen atoms in total. The van der Waals surface area contributed by atoms with Crippen LogP contribution in [0, 0.1) is 6.92 Å². The molecule has 0 bridgehead atoms. The SMILES string of the molecule is CCOc1cccc(C=NNc2ncnc3c(C)csc23)c1. The van der Waals surface area contributed by atoms with Gasteiger partial charge in [0.2, 0.25) is 0 Å². The number of fused-ring (bicyclic) bond motifs is 1. The maximum absolute atomic E-state index is 5.47. The van der Waals surface area contributed by atoms with Crippen molar-refractivity contribution in [2.24, 2.45) is 5.10 Å². The van der Waals surface area contributed by atoms with Crippen LogP contribution in [0.5, 0.6) is 5.75 Å². The van der Waals surface area contributed by atoms with E-state index in [9.17, 15) is 0 Å². The summed E-state index contributed by atoms with van der Waals surface area (Å²) in [6.07, 6.45) is 3.30. The smallest absolute Gasteiger partial charge is 0.167 e. The van der Waals surface area contributed by atoms with Gasteiger partial charge in [-0.2, -0.15) is 5.10 Å². The summed E-state index contributed by atoms with van der Waals surface area (Å²) in [5.74, 6) is 1.56. The summed E-state index contributed by atoms with van der Waals surface area (Å²) in [7, 11) is 0. The van der Waals surface area contributed by atoms with Crippen molar-refractivity contribution in [2.75, 3.05) is 12.0 Å². The highest BCUT2D eigenvalue weighted by Crippen LogP contribution is 2.28. The van der Waals surface area contributed by atoms with E-state index in [-0.39, 0.29) is 0 Å². The zero-order valence-corrected chi connectivity index (χ0v) is 13.2. The second-order valence-electron chi connectivity index (χ2n) is 4.69. The Bertz CT molecular complexity index is 813. The molecule has 0 aliphatic rings. The molecule has 0 fully saturated rings. The molecular weight excluding hydrogens is 296 g/mol. The van der Waals surface area contributed by atoms with Gasteiger partial charge in [0.1, 0.15) is 12.1 Å². The zero-order valence-electron chi connectivity index (χ0n) is 12.4. The van der Waals surface area contributed by atoms with Gasteiger partial charge in [0.05, 0.1) is 23.0 Å². The summed E-state index contributed by atoms with van der Waals surface area (Å²) >= 11 is 1.61. The molecule has 0 amide bonds. The number of nitrogens with one attached hydrogen (secondary N) is 1. The number of aryl methyl sites for hydroxylation is 1. The predicted molar refractivity (Wildman–Crippen MR) is 91.0 cm³/mol. The maximum atomic E-state index is 5.47. The fourth-order valence-electron chi connectivity index (χ4n) is 2.07. The van der Waals surface area contributed by atoms with Crippen molar-refractivity contribution in [3.05, 3.63) is 47.1 Å². The van der Waals surface area contributed by atoms with Crippen molar-refractivity contribution < 1.29 is 4.74 Å². The summed E-state index contributed by atoms with van der Waals surface area (Å²) < 4.78 is 6.48. The Kier molecular flexibility index (Phi) is 4.29. The molecule has 0 unspecified atom stereocenters. The van der Waals surface area contributed by atoms with Gasteiger partial charge in [0, 0.05) is 0 Å². The normalized spacial score (nSPS) is 11.2. The number of thiophene rings is 1. The molecule has 3 rings (SSSR count). The number of hydrogen-bond acceptors (Lipinski definition) is 6. The molecule has 2 heterocycles. The molecule has 1 N–H and O–H groups in total. The lowest BCUT2D eigenvalue weighted by molar-refractivity contribution is 0.340. The number of aromatic nitrogens is 2. The number of hydrazone groups is 1. The highest BCUT2D eigenvalue weighted by Gasteiger charge is 2.06. The molecule has 0 atom stereocenters. The molecule has 0 spiro atoms. The number of nitrogens with zero attached hydrogens (tertiary/aromatic N) is 3. The first-order valence-corrected chi connectivity index (χ1v) is 7.86. The average Bonchev–Trinajstić information content (AvgIpc) is 2.91. The van der Waals surface area contributed by atoms with E-state index in [1.54, 1.807) is 23.9 Å². The van der Waals surface area contributed by atoms with Crippen molar-refractivity contribution >= 4 is 33.6 Å². The van der Waals surface area contributed by atoms with Gasteiger partial charge < -0.3 is 4.74 Å². The fraction of sp³-hybridized carbons (Fsp3) is 0.188. The molecular formula is C16H16N4OS. The summed E-state index contributed by atoms with van der Waals surface area (Å²) in [4.78, 5) is 8.54. The minimum atomic E-state index is 0.648. The first kappa shape index (κ1) is 14.5. The number of hydrogen-bond donors (Lipinski definition) is 1. The monoisotopic (exact) mass is 312 g/mol. The van der Waals surface area contributed by atoms with E-state index in [0.717, 1.165) is 32.9 Å². The van der Waals surface area contributed by atoms with Crippen molar-refractivity contribution in [3.63, 3.8) is 0 Å². The minimum absolute atomic E-state index is 0.648. The van der Waals surface area contributed by atoms with Crippen LogP contribution < -0.4 is 10.2 Å². The molecule has 2 aromatic heterocycles. The van der Waals surface area contributed by atoms with E-state index in [0.29, 0.717) is 6.61 Å². The van der Waals surface area contributed by atoms with Crippen LogP contribution in [0.1, 0.15) is 18.1 Å². The molecule has 22 heavy (non-hydrogen) atoms.